The number of halogens is 2. The summed E-state index contributed by atoms with van der Waals surface area (Å²) >= 11 is 0. The minimum atomic E-state index is -2.65. The number of fused-ring (bicyclic) bond motifs is 1. The van der Waals surface area contributed by atoms with Crippen molar-refractivity contribution in [3.8, 4) is 0 Å². The van der Waals surface area contributed by atoms with E-state index in [1.54, 1.807) is 6.07 Å². The second-order valence-corrected chi connectivity index (χ2v) is 9.99. The molecular formula is C22H26F2N4O. The van der Waals surface area contributed by atoms with Crippen LogP contribution in [-0.2, 0) is 0 Å². The lowest BCUT2D eigenvalue weighted by atomic mass is 9.52. The van der Waals surface area contributed by atoms with E-state index in [4.69, 9.17) is 0 Å². The van der Waals surface area contributed by atoms with Crippen LogP contribution in [0, 0.1) is 17.8 Å². The molecule has 7 rings (SSSR count). The van der Waals surface area contributed by atoms with Crippen molar-refractivity contribution in [2.24, 2.45) is 17.8 Å². The number of carbonyl (C=O) groups is 1. The topological polar surface area (TPSA) is 50.5 Å². The quantitative estimate of drug-likeness (QED) is 0.755. The van der Waals surface area contributed by atoms with Crippen LogP contribution in [0.5, 0.6) is 0 Å². The first-order valence-corrected chi connectivity index (χ1v) is 10.9. The zero-order valence-electron chi connectivity index (χ0n) is 16.7. The normalized spacial score (nSPS) is 33.0. The summed E-state index contributed by atoms with van der Waals surface area (Å²) in [6.45, 7) is 0. The molecular weight excluding hydrogens is 374 g/mol. The fourth-order valence-electron chi connectivity index (χ4n) is 6.73. The molecule has 0 N–H and O–H groups in total. The van der Waals surface area contributed by atoms with Crippen LogP contribution in [0.3, 0.4) is 0 Å². The van der Waals surface area contributed by atoms with E-state index in [0.717, 1.165) is 54.4 Å². The van der Waals surface area contributed by atoms with Gasteiger partial charge in [0.1, 0.15) is 5.69 Å². The average molecular weight is 400 g/mol. The van der Waals surface area contributed by atoms with Crippen LogP contribution >= 0.6 is 0 Å². The van der Waals surface area contributed by atoms with Gasteiger partial charge in [0.05, 0.1) is 0 Å². The fourth-order valence-corrected chi connectivity index (χ4v) is 6.73. The fraction of sp³-hybridized carbons (Fsp3) is 0.682. The molecule has 2 aromatic heterocycles. The molecule has 7 heteroatoms. The van der Waals surface area contributed by atoms with Crippen molar-refractivity contribution in [1.29, 1.82) is 0 Å². The van der Waals surface area contributed by atoms with E-state index >= 15 is 0 Å². The Morgan fingerprint density at radius 3 is 2.31 bits per heavy atom. The van der Waals surface area contributed by atoms with Crippen molar-refractivity contribution < 1.29 is 13.6 Å². The Hall–Kier alpha value is -2.05. The number of carbonyl (C=O) groups excluding carboxylic acids is 1. The maximum absolute atomic E-state index is 13.7. The van der Waals surface area contributed by atoms with E-state index in [1.165, 1.54) is 25.3 Å². The highest BCUT2D eigenvalue weighted by molar-refractivity contribution is 5.93. The Morgan fingerprint density at radius 1 is 1.14 bits per heavy atom. The minimum absolute atomic E-state index is 0.0836. The lowest BCUT2D eigenvalue weighted by Gasteiger charge is -2.59. The number of alkyl halides is 2. The van der Waals surface area contributed by atoms with Crippen molar-refractivity contribution in [1.82, 2.24) is 19.5 Å². The predicted octanol–water partition coefficient (Wildman–Crippen LogP) is 4.59. The van der Waals surface area contributed by atoms with E-state index < -0.39 is 6.43 Å². The first kappa shape index (κ1) is 17.8. The van der Waals surface area contributed by atoms with E-state index in [2.05, 4.69) is 10.1 Å². The van der Waals surface area contributed by atoms with Crippen LogP contribution in [0.15, 0.2) is 12.1 Å². The van der Waals surface area contributed by atoms with Gasteiger partial charge < -0.3 is 4.90 Å². The number of amides is 1. The van der Waals surface area contributed by atoms with E-state index in [-0.39, 0.29) is 28.8 Å². The zero-order chi connectivity index (χ0) is 19.9. The van der Waals surface area contributed by atoms with Gasteiger partial charge in [0.15, 0.2) is 11.3 Å². The highest BCUT2D eigenvalue weighted by Gasteiger charge is 2.54. The molecule has 154 valence electrons. The van der Waals surface area contributed by atoms with Crippen LogP contribution in [0.2, 0.25) is 0 Å². The molecule has 5 aliphatic rings. The van der Waals surface area contributed by atoms with Gasteiger partial charge >= 0.3 is 0 Å². The Morgan fingerprint density at radius 2 is 1.76 bits per heavy atom. The van der Waals surface area contributed by atoms with E-state index in [1.807, 2.05) is 11.9 Å². The first-order chi connectivity index (χ1) is 13.9. The predicted molar refractivity (Wildman–Crippen MR) is 103 cm³/mol. The molecule has 0 aromatic carbocycles. The second-order valence-electron chi connectivity index (χ2n) is 9.99. The largest absolute Gasteiger partial charge is 0.335 e. The van der Waals surface area contributed by atoms with Gasteiger partial charge in [-0.1, -0.05) is 0 Å². The van der Waals surface area contributed by atoms with Gasteiger partial charge in [0.25, 0.3) is 12.3 Å². The highest BCUT2D eigenvalue weighted by Crippen LogP contribution is 2.57. The molecule has 0 radical (unpaired) electrons. The summed E-state index contributed by atoms with van der Waals surface area (Å²) in [5, 5.41) is 4.29. The van der Waals surface area contributed by atoms with Gasteiger partial charge in [-0.15, -0.1) is 0 Å². The van der Waals surface area contributed by atoms with Crippen LogP contribution in [0.1, 0.15) is 85.6 Å². The molecule has 2 heterocycles. The molecule has 0 aliphatic heterocycles. The molecule has 5 fully saturated rings. The summed E-state index contributed by atoms with van der Waals surface area (Å²) in [6.07, 6.45) is 6.45. The summed E-state index contributed by atoms with van der Waals surface area (Å²) in [4.78, 5) is 19.8. The Balaban J connectivity index is 1.36. The Kier molecular flexibility index (Phi) is 3.67. The molecule has 2 aromatic rings. The standard InChI is InChI=1S/C22H26F2N4O/c1-27(22-9-12-4-13(10-22)6-14(5-12)11-22)21(29)17-8-19-25-16(15-2-3-15)7-18(20(23)24)28(19)26-17/h7-8,12-15,20H,2-6,9-11H2,1H3. The smallest absolute Gasteiger partial charge is 0.280 e. The molecule has 0 atom stereocenters. The summed E-state index contributed by atoms with van der Waals surface area (Å²) in [6, 6.07) is 3.05. The lowest BCUT2D eigenvalue weighted by Crippen LogP contribution is -2.60. The lowest BCUT2D eigenvalue weighted by molar-refractivity contribution is -0.0667. The zero-order valence-corrected chi connectivity index (χ0v) is 16.7. The molecule has 29 heavy (non-hydrogen) atoms. The average Bonchev–Trinajstić information content (AvgIpc) is 3.43. The summed E-state index contributed by atoms with van der Waals surface area (Å²) in [5.74, 6) is 2.29. The van der Waals surface area contributed by atoms with Crippen molar-refractivity contribution in [2.75, 3.05) is 7.05 Å². The number of hydrogen-bond acceptors (Lipinski definition) is 3. The number of nitrogens with zero attached hydrogens (tertiary/aromatic N) is 4. The maximum atomic E-state index is 13.7. The molecule has 1 amide bonds. The van der Waals surface area contributed by atoms with E-state index in [0.29, 0.717) is 11.3 Å². The number of rotatable bonds is 4. The van der Waals surface area contributed by atoms with E-state index in [9.17, 15) is 13.6 Å². The second kappa shape index (κ2) is 5.99. The van der Waals surface area contributed by atoms with Crippen molar-refractivity contribution >= 4 is 11.6 Å². The van der Waals surface area contributed by atoms with Crippen LogP contribution in [0.25, 0.3) is 5.65 Å². The SMILES string of the molecule is CN(C(=O)c1cc2nc(C3CC3)cc(C(F)F)n2n1)C12CC3CC(CC(C3)C1)C2. The van der Waals surface area contributed by atoms with Crippen molar-refractivity contribution in [3.05, 3.63) is 29.2 Å². The van der Waals surface area contributed by atoms with Gasteiger partial charge in [0.2, 0.25) is 0 Å². The maximum Gasteiger partial charge on any atom is 0.280 e. The van der Waals surface area contributed by atoms with Gasteiger partial charge in [-0.2, -0.15) is 5.10 Å². The van der Waals surface area contributed by atoms with Crippen LogP contribution in [-0.4, -0.2) is 38.0 Å². The number of aromatic nitrogens is 3. The molecule has 5 aliphatic carbocycles. The Bertz CT molecular complexity index is 961. The van der Waals surface area contributed by atoms with Gasteiger partial charge in [-0.05, 0) is 75.2 Å². The first-order valence-electron chi connectivity index (χ1n) is 10.9. The molecule has 0 spiro atoms. The van der Waals surface area contributed by atoms with Crippen LogP contribution in [0.4, 0.5) is 8.78 Å². The van der Waals surface area contributed by atoms with Gasteiger partial charge in [-0.3, -0.25) is 4.79 Å². The molecule has 5 saturated carbocycles. The molecule has 0 saturated heterocycles. The summed E-state index contributed by atoms with van der Waals surface area (Å²) in [5.41, 5.74) is 1.02. The molecule has 0 unspecified atom stereocenters. The monoisotopic (exact) mass is 400 g/mol. The van der Waals surface area contributed by atoms with Crippen LogP contribution < -0.4 is 0 Å². The molecule has 5 nitrogen and oxygen atoms in total. The third-order valence-electron chi connectivity index (χ3n) is 7.93. The molecule has 4 bridgehead atoms. The highest BCUT2D eigenvalue weighted by atomic mass is 19.3. The van der Waals surface area contributed by atoms with Crippen molar-refractivity contribution in [2.45, 2.75) is 69.2 Å². The third-order valence-corrected chi connectivity index (χ3v) is 7.93. The summed E-state index contributed by atoms with van der Waals surface area (Å²) < 4.78 is 28.5. The minimum Gasteiger partial charge on any atom is -0.335 e. The third kappa shape index (κ3) is 2.72. The number of hydrogen-bond donors (Lipinski definition) is 0. The summed E-state index contributed by atoms with van der Waals surface area (Å²) in [7, 11) is 1.89. The van der Waals surface area contributed by atoms with Gasteiger partial charge in [-0.25, -0.2) is 18.3 Å². The van der Waals surface area contributed by atoms with Gasteiger partial charge in [0, 0.05) is 30.3 Å². The Labute approximate surface area is 168 Å². The van der Waals surface area contributed by atoms with Crippen molar-refractivity contribution in [3.63, 3.8) is 0 Å².